The molecule has 11 heteroatoms. The molecule has 0 aliphatic heterocycles. The van der Waals surface area contributed by atoms with Gasteiger partial charge in [0.1, 0.15) is 11.5 Å². The van der Waals surface area contributed by atoms with Crippen LogP contribution in [0.4, 0.5) is 17.6 Å². The van der Waals surface area contributed by atoms with E-state index in [-0.39, 0.29) is 16.2 Å². The van der Waals surface area contributed by atoms with E-state index >= 15 is 0 Å². The molecule has 0 aliphatic rings. The average molecular weight is 483 g/mol. The van der Waals surface area contributed by atoms with Gasteiger partial charge in [-0.3, -0.25) is 9.48 Å². The van der Waals surface area contributed by atoms with Crippen molar-refractivity contribution in [3.05, 3.63) is 82.9 Å². The third kappa shape index (κ3) is 5.59. The number of nitrogens with zero attached hydrogens (tertiary/aromatic N) is 2. The van der Waals surface area contributed by atoms with Gasteiger partial charge in [-0.1, -0.05) is 39.0 Å². The zero-order valence-electron chi connectivity index (χ0n) is 17.9. The molecule has 2 aromatic carbocycles. The number of aromatic nitrogens is 2. The number of carbonyl (C=O) groups excluding carboxylic acids is 1. The van der Waals surface area contributed by atoms with E-state index in [1.165, 1.54) is 30.3 Å². The van der Waals surface area contributed by atoms with Gasteiger partial charge in [-0.05, 0) is 36.4 Å². The Morgan fingerprint density at radius 3 is 2.24 bits per heavy atom. The molecule has 0 saturated carbocycles. The summed E-state index contributed by atoms with van der Waals surface area (Å²) in [5.41, 5.74) is -1.85. The molecule has 0 spiro atoms. The topological polar surface area (TPSA) is 81.1 Å². The predicted octanol–water partition coefficient (Wildman–Crippen LogP) is 4.51. The van der Waals surface area contributed by atoms with Gasteiger partial charge in [-0.15, -0.1) is 0 Å². The molecular formula is C22H21F4N3O3S. The van der Waals surface area contributed by atoms with E-state index in [4.69, 9.17) is 0 Å². The lowest BCUT2D eigenvalue weighted by molar-refractivity contribution is -0.137. The van der Waals surface area contributed by atoms with Crippen molar-refractivity contribution in [1.82, 2.24) is 14.5 Å². The van der Waals surface area contributed by atoms with Gasteiger partial charge in [0.2, 0.25) is 0 Å². The molecule has 1 amide bonds. The first-order chi connectivity index (χ1) is 15.2. The van der Waals surface area contributed by atoms with Crippen LogP contribution in [0.1, 0.15) is 48.1 Å². The number of sulfonamides is 1. The third-order valence-electron chi connectivity index (χ3n) is 4.75. The van der Waals surface area contributed by atoms with Crippen molar-refractivity contribution in [2.45, 2.75) is 43.8 Å². The fraction of sp³-hybridized carbons (Fsp3) is 0.273. The molecule has 1 aromatic heterocycles. The van der Waals surface area contributed by atoms with Crippen LogP contribution >= 0.6 is 0 Å². The molecule has 3 rings (SSSR count). The number of rotatable bonds is 5. The fourth-order valence-corrected chi connectivity index (χ4v) is 3.94. The normalized spacial score (nSPS) is 12.6. The molecule has 176 valence electrons. The molecule has 1 heterocycles. The van der Waals surface area contributed by atoms with Gasteiger partial charge in [0.15, 0.2) is 0 Å². The summed E-state index contributed by atoms with van der Waals surface area (Å²) in [6, 6.07) is 10.4. The van der Waals surface area contributed by atoms with Crippen molar-refractivity contribution in [2.24, 2.45) is 0 Å². The second kappa shape index (κ2) is 8.62. The van der Waals surface area contributed by atoms with Gasteiger partial charge < -0.3 is 0 Å². The maximum Gasteiger partial charge on any atom is 0.416 e. The number of halogens is 4. The van der Waals surface area contributed by atoms with Gasteiger partial charge in [-0.2, -0.15) is 18.3 Å². The number of carbonyl (C=O) groups is 1. The fourth-order valence-electron chi connectivity index (χ4n) is 2.95. The molecule has 0 saturated heterocycles. The van der Waals surface area contributed by atoms with Crippen LogP contribution in [0.3, 0.4) is 0 Å². The molecule has 3 aromatic rings. The molecule has 33 heavy (non-hydrogen) atoms. The highest BCUT2D eigenvalue weighted by atomic mass is 32.2. The minimum absolute atomic E-state index is 0.149. The number of amides is 1. The Balaban J connectivity index is 2.02. The Morgan fingerprint density at radius 1 is 1.03 bits per heavy atom. The lowest BCUT2D eigenvalue weighted by Crippen LogP contribution is -2.32. The highest BCUT2D eigenvalue weighted by molar-refractivity contribution is 7.90. The summed E-state index contributed by atoms with van der Waals surface area (Å²) in [6.45, 7) is 4.84. The highest BCUT2D eigenvalue weighted by Gasteiger charge is 2.32. The zero-order chi connectivity index (χ0) is 24.6. The maximum atomic E-state index is 14.3. The van der Waals surface area contributed by atoms with Crippen molar-refractivity contribution >= 4 is 15.9 Å². The average Bonchev–Trinajstić information content (AvgIpc) is 3.14. The SMILES string of the molecule is CC(C)(C)c1cc(C(=O)NS(=O)(=O)c2ccccc2)n(Cc2cc(C(F)(F)F)ccc2F)n1. The summed E-state index contributed by atoms with van der Waals surface area (Å²) in [7, 11) is -4.22. The number of benzene rings is 2. The molecule has 0 bridgehead atoms. The van der Waals surface area contributed by atoms with Gasteiger partial charge in [0, 0.05) is 11.0 Å². The molecule has 0 fully saturated rings. The van der Waals surface area contributed by atoms with Crippen LogP contribution in [0.15, 0.2) is 59.5 Å². The smallest absolute Gasteiger partial charge is 0.266 e. The molecule has 1 N–H and O–H groups in total. The number of hydrogen-bond acceptors (Lipinski definition) is 4. The van der Waals surface area contributed by atoms with E-state index in [0.717, 1.165) is 4.68 Å². The van der Waals surface area contributed by atoms with E-state index in [9.17, 15) is 30.8 Å². The highest BCUT2D eigenvalue weighted by Crippen LogP contribution is 2.31. The summed E-state index contributed by atoms with van der Waals surface area (Å²) in [6.07, 6.45) is -4.69. The van der Waals surface area contributed by atoms with Crippen molar-refractivity contribution in [1.29, 1.82) is 0 Å². The standard InChI is InChI=1S/C22H21F4N3O3S/c1-21(2,3)19-12-18(20(30)28-33(31,32)16-7-5-4-6-8-16)29(27-19)13-14-11-15(22(24,25)26)9-10-17(14)23/h4-12H,13H2,1-3H3,(H,28,30). The van der Waals surface area contributed by atoms with E-state index in [2.05, 4.69) is 5.10 Å². The Labute approximate surface area is 188 Å². The summed E-state index contributed by atoms with van der Waals surface area (Å²) < 4.78 is 81.6. The van der Waals surface area contributed by atoms with Crippen molar-refractivity contribution < 1.29 is 30.8 Å². The Bertz CT molecular complexity index is 1280. The molecule has 6 nitrogen and oxygen atoms in total. The van der Waals surface area contributed by atoms with E-state index in [0.29, 0.717) is 23.9 Å². The zero-order valence-corrected chi connectivity index (χ0v) is 18.8. The lowest BCUT2D eigenvalue weighted by Gasteiger charge is -2.14. The van der Waals surface area contributed by atoms with Crippen LogP contribution in [-0.4, -0.2) is 24.1 Å². The van der Waals surface area contributed by atoms with Crippen LogP contribution < -0.4 is 4.72 Å². The summed E-state index contributed by atoms with van der Waals surface area (Å²) in [5, 5.41) is 4.25. The summed E-state index contributed by atoms with van der Waals surface area (Å²) in [5.74, 6) is -1.96. The van der Waals surface area contributed by atoms with Gasteiger partial charge >= 0.3 is 6.18 Å². The van der Waals surface area contributed by atoms with Gasteiger partial charge in [0.05, 0.1) is 22.7 Å². The van der Waals surface area contributed by atoms with Crippen LogP contribution in [0.25, 0.3) is 0 Å². The monoisotopic (exact) mass is 483 g/mol. The summed E-state index contributed by atoms with van der Waals surface area (Å²) >= 11 is 0. The Kier molecular flexibility index (Phi) is 6.38. The second-order valence-electron chi connectivity index (χ2n) is 8.37. The Morgan fingerprint density at radius 2 is 1.67 bits per heavy atom. The van der Waals surface area contributed by atoms with Gasteiger partial charge in [-0.25, -0.2) is 17.5 Å². The molecule has 0 unspecified atom stereocenters. The van der Waals surface area contributed by atoms with Gasteiger partial charge in [0.25, 0.3) is 15.9 Å². The molecule has 0 atom stereocenters. The molecule has 0 aliphatic carbocycles. The first-order valence-electron chi connectivity index (χ1n) is 9.74. The largest absolute Gasteiger partial charge is 0.416 e. The van der Waals surface area contributed by atoms with E-state index in [1.807, 2.05) is 4.72 Å². The van der Waals surface area contributed by atoms with E-state index < -0.39 is 45.4 Å². The van der Waals surface area contributed by atoms with Crippen LogP contribution in [0.2, 0.25) is 0 Å². The number of hydrogen-bond donors (Lipinski definition) is 1. The van der Waals surface area contributed by atoms with Crippen molar-refractivity contribution in [2.75, 3.05) is 0 Å². The maximum absolute atomic E-state index is 14.3. The van der Waals surface area contributed by atoms with Crippen molar-refractivity contribution in [3.63, 3.8) is 0 Å². The van der Waals surface area contributed by atoms with Crippen LogP contribution in [0.5, 0.6) is 0 Å². The minimum atomic E-state index is -4.69. The van der Waals surface area contributed by atoms with Crippen LogP contribution in [-0.2, 0) is 28.2 Å². The van der Waals surface area contributed by atoms with E-state index in [1.54, 1.807) is 26.8 Å². The minimum Gasteiger partial charge on any atom is -0.266 e. The first-order valence-corrected chi connectivity index (χ1v) is 11.2. The van der Waals surface area contributed by atoms with Crippen LogP contribution in [0, 0.1) is 5.82 Å². The second-order valence-corrected chi connectivity index (χ2v) is 10.1. The predicted molar refractivity (Wildman–Crippen MR) is 113 cm³/mol. The number of nitrogens with one attached hydrogen (secondary N) is 1. The Hall–Kier alpha value is -3.21. The number of alkyl halides is 3. The quantitative estimate of drug-likeness (QED) is 0.542. The summed E-state index contributed by atoms with van der Waals surface area (Å²) in [4.78, 5) is 12.7. The first kappa shape index (κ1) is 24.4. The molecular weight excluding hydrogens is 462 g/mol. The lowest BCUT2D eigenvalue weighted by atomic mass is 9.92. The van der Waals surface area contributed by atoms with Crippen molar-refractivity contribution in [3.8, 4) is 0 Å². The molecule has 0 radical (unpaired) electrons. The third-order valence-corrected chi connectivity index (χ3v) is 6.10.